The van der Waals surface area contributed by atoms with E-state index < -0.39 is 12.5 Å². The van der Waals surface area contributed by atoms with Crippen LogP contribution in [0.4, 0.5) is 8.78 Å². The van der Waals surface area contributed by atoms with E-state index >= 15 is 0 Å². The first kappa shape index (κ1) is 9.09. The lowest BCUT2D eigenvalue weighted by atomic mass is 10.2. The number of aliphatic hydroxyl groups excluding tert-OH is 1. The van der Waals surface area contributed by atoms with Gasteiger partial charge in [-0.05, 0) is 30.9 Å². The minimum Gasteiger partial charge on any atom is -0.382 e. The Morgan fingerprint density at radius 2 is 2.15 bits per heavy atom. The van der Waals surface area contributed by atoms with Crippen LogP contribution in [0.5, 0.6) is 0 Å². The van der Waals surface area contributed by atoms with Crippen molar-refractivity contribution in [3.8, 4) is 0 Å². The fourth-order valence-electron chi connectivity index (χ4n) is 1.62. The van der Waals surface area contributed by atoms with E-state index in [1.54, 1.807) is 6.07 Å². The van der Waals surface area contributed by atoms with Crippen molar-refractivity contribution in [3.05, 3.63) is 21.4 Å². The van der Waals surface area contributed by atoms with Crippen LogP contribution in [0.25, 0.3) is 0 Å². The average molecular weight is 204 g/mol. The predicted octanol–water partition coefficient (Wildman–Crippen LogP) is 2.54. The quantitative estimate of drug-likeness (QED) is 0.784. The van der Waals surface area contributed by atoms with Gasteiger partial charge >= 0.3 is 0 Å². The third-order valence-electron chi connectivity index (χ3n) is 2.30. The van der Waals surface area contributed by atoms with Crippen molar-refractivity contribution >= 4 is 11.3 Å². The molecule has 1 nitrogen and oxygen atoms in total. The van der Waals surface area contributed by atoms with E-state index in [2.05, 4.69) is 0 Å². The summed E-state index contributed by atoms with van der Waals surface area (Å²) < 4.78 is 24.3. The average Bonchev–Trinajstić information content (AvgIpc) is 2.59. The molecule has 2 rings (SSSR count). The summed E-state index contributed by atoms with van der Waals surface area (Å²) in [4.78, 5) is 1.59. The van der Waals surface area contributed by atoms with E-state index in [-0.39, 0.29) is 0 Å². The van der Waals surface area contributed by atoms with Gasteiger partial charge in [0.25, 0.3) is 6.43 Å². The van der Waals surface area contributed by atoms with Crippen LogP contribution in [0.3, 0.4) is 0 Å². The molecule has 72 valence electrons. The van der Waals surface area contributed by atoms with Crippen LogP contribution in [0.2, 0.25) is 0 Å². The smallest absolute Gasteiger partial charge is 0.268 e. The topological polar surface area (TPSA) is 20.2 Å². The molecule has 13 heavy (non-hydrogen) atoms. The second-order valence-electron chi connectivity index (χ2n) is 3.23. The zero-order valence-corrected chi connectivity index (χ0v) is 7.78. The van der Waals surface area contributed by atoms with Gasteiger partial charge in [-0.2, -0.15) is 0 Å². The minimum atomic E-state index is -2.67. The van der Waals surface area contributed by atoms with Gasteiger partial charge in [0.1, 0.15) is 6.10 Å². The number of aliphatic hydroxyl groups is 1. The first-order valence-corrected chi connectivity index (χ1v) is 5.08. The third-order valence-corrected chi connectivity index (χ3v) is 3.60. The highest BCUT2D eigenvalue weighted by Gasteiger charge is 2.24. The Morgan fingerprint density at radius 3 is 2.77 bits per heavy atom. The van der Waals surface area contributed by atoms with Gasteiger partial charge in [-0.25, -0.2) is 8.78 Å². The van der Waals surface area contributed by atoms with Crippen molar-refractivity contribution in [2.24, 2.45) is 0 Å². The summed E-state index contributed by atoms with van der Waals surface area (Å²) in [5.41, 5.74) is 1.15. The van der Waals surface area contributed by atoms with Crippen molar-refractivity contribution in [1.29, 1.82) is 0 Å². The number of rotatable bonds is 2. The number of fused-ring (bicyclic) bond motifs is 1. The molecule has 0 amide bonds. The van der Waals surface area contributed by atoms with Gasteiger partial charge in [0.15, 0.2) is 0 Å². The Bertz CT molecular complexity index is 287. The lowest BCUT2D eigenvalue weighted by molar-refractivity contribution is -0.00372. The Hall–Kier alpha value is -0.480. The molecule has 0 saturated carbocycles. The van der Waals surface area contributed by atoms with E-state index in [0.29, 0.717) is 4.88 Å². The van der Waals surface area contributed by atoms with Crippen molar-refractivity contribution in [2.75, 3.05) is 0 Å². The normalized spacial score (nSPS) is 17.8. The van der Waals surface area contributed by atoms with Gasteiger partial charge < -0.3 is 5.11 Å². The van der Waals surface area contributed by atoms with Gasteiger partial charge in [0, 0.05) is 9.75 Å². The summed E-state index contributed by atoms with van der Waals surface area (Å²) in [5, 5.41) is 9.12. The van der Waals surface area contributed by atoms with Gasteiger partial charge in [0.2, 0.25) is 0 Å². The van der Waals surface area contributed by atoms with Crippen LogP contribution in [-0.2, 0) is 12.8 Å². The van der Waals surface area contributed by atoms with Gasteiger partial charge in [-0.3, -0.25) is 0 Å². The zero-order valence-electron chi connectivity index (χ0n) is 6.96. The molecule has 0 fully saturated rings. The molecule has 1 N–H and O–H groups in total. The molecule has 0 aliphatic heterocycles. The number of halogens is 2. The van der Waals surface area contributed by atoms with Crippen molar-refractivity contribution in [1.82, 2.24) is 0 Å². The van der Waals surface area contributed by atoms with E-state index in [4.69, 9.17) is 5.11 Å². The molecule has 1 heterocycles. The maximum absolute atomic E-state index is 12.1. The van der Waals surface area contributed by atoms with Crippen LogP contribution >= 0.6 is 11.3 Å². The molecule has 0 bridgehead atoms. The highest BCUT2D eigenvalue weighted by atomic mass is 32.1. The van der Waals surface area contributed by atoms with Gasteiger partial charge in [-0.15, -0.1) is 11.3 Å². The lowest BCUT2D eigenvalue weighted by Gasteiger charge is -2.05. The molecule has 0 aromatic carbocycles. The summed E-state index contributed by atoms with van der Waals surface area (Å²) >= 11 is 1.33. The molecule has 0 radical (unpaired) electrons. The highest BCUT2D eigenvalue weighted by Crippen LogP contribution is 2.35. The molecule has 0 spiro atoms. The first-order chi connectivity index (χ1) is 6.18. The summed E-state index contributed by atoms with van der Waals surface area (Å²) in [7, 11) is 0. The van der Waals surface area contributed by atoms with E-state index in [0.717, 1.165) is 24.8 Å². The molecule has 1 unspecified atom stereocenters. The van der Waals surface area contributed by atoms with E-state index in [1.807, 2.05) is 0 Å². The van der Waals surface area contributed by atoms with Crippen LogP contribution in [0, 0.1) is 0 Å². The molecule has 1 aliphatic rings. The van der Waals surface area contributed by atoms with Crippen molar-refractivity contribution in [3.63, 3.8) is 0 Å². The molecule has 4 heteroatoms. The van der Waals surface area contributed by atoms with Gasteiger partial charge in [0.05, 0.1) is 0 Å². The predicted molar refractivity (Wildman–Crippen MR) is 47.3 cm³/mol. The number of aryl methyl sites for hydroxylation is 2. The van der Waals surface area contributed by atoms with E-state index in [9.17, 15) is 8.78 Å². The maximum Gasteiger partial charge on any atom is 0.268 e. The minimum absolute atomic E-state index is 0.416. The second-order valence-corrected chi connectivity index (χ2v) is 4.40. The highest BCUT2D eigenvalue weighted by molar-refractivity contribution is 7.12. The van der Waals surface area contributed by atoms with Gasteiger partial charge in [-0.1, -0.05) is 0 Å². The summed E-state index contributed by atoms with van der Waals surface area (Å²) in [6.07, 6.45) is -1.18. The molecule has 1 atom stereocenters. The maximum atomic E-state index is 12.1. The summed E-state index contributed by atoms with van der Waals surface area (Å²) in [6.45, 7) is 0. The molecule has 1 aromatic heterocycles. The Morgan fingerprint density at radius 1 is 1.38 bits per heavy atom. The molecule has 0 saturated heterocycles. The first-order valence-electron chi connectivity index (χ1n) is 4.26. The van der Waals surface area contributed by atoms with Crippen molar-refractivity contribution < 1.29 is 13.9 Å². The van der Waals surface area contributed by atoms with Crippen LogP contribution in [0.15, 0.2) is 6.07 Å². The Balaban J connectivity index is 2.23. The number of thiophene rings is 1. The van der Waals surface area contributed by atoms with Crippen LogP contribution in [0.1, 0.15) is 27.8 Å². The second kappa shape index (κ2) is 3.35. The molecule has 1 aliphatic carbocycles. The molecule has 1 aromatic rings. The SMILES string of the molecule is OC(c1cc2c(s1)CCC2)C(F)F. The van der Waals surface area contributed by atoms with Crippen LogP contribution in [-0.4, -0.2) is 11.5 Å². The Labute approximate surface area is 79.0 Å². The van der Waals surface area contributed by atoms with E-state index in [1.165, 1.54) is 16.2 Å². The summed E-state index contributed by atoms with van der Waals surface area (Å²) in [6, 6.07) is 1.73. The molecular formula is C9H10F2OS. The molecular weight excluding hydrogens is 194 g/mol. The fraction of sp³-hybridized carbons (Fsp3) is 0.556. The number of hydrogen-bond acceptors (Lipinski definition) is 2. The van der Waals surface area contributed by atoms with Crippen molar-refractivity contribution in [2.45, 2.75) is 31.8 Å². The van der Waals surface area contributed by atoms with Crippen LogP contribution < -0.4 is 0 Å². The third kappa shape index (κ3) is 1.60. The number of hydrogen-bond donors (Lipinski definition) is 1. The summed E-state index contributed by atoms with van der Waals surface area (Å²) in [5.74, 6) is 0. The largest absolute Gasteiger partial charge is 0.382 e. The zero-order chi connectivity index (χ0) is 9.42. The number of alkyl halides is 2. The Kier molecular flexibility index (Phi) is 2.34. The lowest BCUT2D eigenvalue weighted by Crippen LogP contribution is -2.05. The standard InChI is InChI=1S/C9H10F2OS/c10-9(11)8(12)7-4-5-2-1-3-6(5)13-7/h4,8-9,12H,1-3H2. The monoisotopic (exact) mass is 204 g/mol. The fourth-order valence-corrected chi connectivity index (χ4v) is 2.87.